The molecule has 2 aromatic heterocycles. The molecule has 5 rings (SSSR count). The summed E-state index contributed by atoms with van der Waals surface area (Å²) in [4.78, 5) is 15.1. The van der Waals surface area contributed by atoms with Crippen molar-refractivity contribution in [3.05, 3.63) is 81.4 Å². The Kier molecular flexibility index (Phi) is 5.78. The standard InChI is InChI=1S/C23H19ClF3N5O2/c24-18-7-3-16(4-8-18)19-13-28-32-21(20(19)30-9-11-34-12-10-30)29-31(22(32)33)14-15-1-5-17(6-2-15)23(25,26)27/h1-8,13H,9-12,14H2. The van der Waals surface area contributed by atoms with Crippen LogP contribution in [0.25, 0.3) is 16.8 Å². The molecular weight excluding hydrogens is 471 g/mol. The van der Waals surface area contributed by atoms with Crippen LogP contribution >= 0.6 is 11.6 Å². The van der Waals surface area contributed by atoms with Crippen LogP contribution in [0, 0.1) is 0 Å². The number of hydrogen-bond acceptors (Lipinski definition) is 5. The Morgan fingerprint density at radius 2 is 1.68 bits per heavy atom. The molecule has 2 aromatic carbocycles. The highest BCUT2D eigenvalue weighted by atomic mass is 35.5. The molecule has 0 N–H and O–H groups in total. The van der Waals surface area contributed by atoms with Gasteiger partial charge in [-0.3, -0.25) is 0 Å². The molecule has 4 aromatic rings. The van der Waals surface area contributed by atoms with E-state index in [4.69, 9.17) is 16.3 Å². The average Bonchev–Trinajstić information content (AvgIpc) is 3.14. The molecule has 0 aliphatic carbocycles. The second kappa shape index (κ2) is 8.77. The smallest absolute Gasteiger partial charge is 0.378 e. The molecule has 176 valence electrons. The second-order valence-corrected chi connectivity index (χ2v) is 8.32. The third kappa shape index (κ3) is 4.26. The number of morpholine rings is 1. The van der Waals surface area contributed by atoms with E-state index in [1.807, 2.05) is 12.1 Å². The van der Waals surface area contributed by atoms with Crippen LogP contribution in [0.15, 0.2) is 59.5 Å². The number of alkyl halides is 3. The Morgan fingerprint density at radius 3 is 2.32 bits per heavy atom. The third-order valence-electron chi connectivity index (χ3n) is 5.68. The molecule has 34 heavy (non-hydrogen) atoms. The summed E-state index contributed by atoms with van der Waals surface area (Å²) in [6.07, 6.45) is -2.81. The zero-order valence-corrected chi connectivity index (χ0v) is 18.6. The van der Waals surface area contributed by atoms with Crippen LogP contribution in [0.4, 0.5) is 18.9 Å². The third-order valence-corrected chi connectivity index (χ3v) is 5.94. The Hall–Kier alpha value is -3.37. The molecule has 0 atom stereocenters. The van der Waals surface area contributed by atoms with Crippen LogP contribution in [0.2, 0.25) is 5.02 Å². The average molecular weight is 490 g/mol. The van der Waals surface area contributed by atoms with E-state index in [9.17, 15) is 18.0 Å². The lowest BCUT2D eigenvalue weighted by Gasteiger charge is -2.30. The van der Waals surface area contributed by atoms with Gasteiger partial charge in [-0.25, -0.2) is 9.48 Å². The van der Waals surface area contributed by atoms with Gasteiger partial charge in [0.25, 0.3) is 0 Å². The number of hydrogen-bond donors (Lipinski definition) is 0. The minimum atomic E-state index is -4.42. The van der Waals surface area contributed by atoms with E-state index in [2.05, 4.69) is 15.1 Å². The van der Waals surface area contributed by atoms with Gasteiger partial charge in [0.2, 0.25) is 5.65 Å². The predicted molar refractivity (Wildman–Crippen MR) is 121 cm³/mol. The van der Waals surface area contributed by atoms with Crippen LogP contribution in [-0.4, -0.2) is 45.7 Å². The highest BCUT2D eigenvalue weighted by molar-refractivity contribution is 6.30. The molecule has 0 radical (unpaired) electrons. The van der Waals surface area contributed by atoms with E-state index in [0.29, 0.717) is 42.5 Å². The quantitative estimate of drug-likeness (QED) is 0.431. The molecule has 11 heteroatoms. The lowest BCUT2D eigenvalue weighted by Crippen LogP contribution is -2.37. The maximum Gasteiger partial charge on any atom is 0.416 e. The number of rotatable bonds is 4. The number of ether oxygens (including phenoxy) is 1. The second-order valence-electron chi connectivity index (χ2n) is 7.88. The van der Waals surface area contributed by atoms with Crippen molar-refractivity contribution in [1.29, 1.82) is 0 Å². The number of anilines is 1. The summed E-state index contributed by atoms with van der Waals surface area (Å²) in [6.45, 7) is 2.30. The van der Waals surface area contributed by atoms with Crippen LogP contribution < -0.4 is 10.6 Å². The van der Waals surface area contributed by atoms with Gasteiger partial charge in [-0.1, -0.05) is 35.9 Å². The molecule has 7 nitrogen and oxygen atoms in total. The molecule has 1 saturated heterocycles. The Morgan fingerprint density at radius 1 is 1.00 bits per heavy atom. The summed E-state index contributed by atoms with van der Waals surface area (Å²) < 4.78 is 46.5. The van der Waals surface area contributed by atoms with E-state index in [1.54, 1.807) is 18.3 Å². The molecule has 0 spiro atoms. The largest absolute Gasteiger partial charge is 0.416 e. The first-order valence-electron chi connectivity index (χ1n) is 10.5. The first kappa shape index (κ1) is 22.4. The molecule has 0 bridgehead atoms. The fourth-order valence-electron chi connectivity index (χ4n) is 3.96. The van der Waals surface area contributed by atoms with Crippen molar-refractivity contribution in [3.63, 3.8) is 0 Å². The monoisotopic (exact) mass is 489 g/mol. The van der Waals surface area contributed by atoms with Crippen molar-refractivity contribution in [3.8, 4) is 11.1 Å². The fourth-order valence-corrected chi connectivity index (χ4v) is 4.09. The van der Waals surface area contributed by atoms with E-state index in [0.717, 1.165) is 28.9 Å². The molecule has 1 aliphatic heterocycles. The van der Waals surface area contributed by atoms with Gasteiger partial charge in [0, 0.05) is 23.7 Å². The maximum atomic E-state index is 13.0. The number of benzene rings is 2. The molecular formula is C23H19ClF3N5O2. The summed E-state index contributed by atoms with van der Waals surface area (Å²) in [6, 6.07) is 12.0. The van der Waals surface area contributed by atoms with Gasteiger partial charge in [-0.05, 0) is 35.4 Å². The Bertz CT molecular complexity index is 1380. The first-order chi connectivity index (χ1) is 16.3. The number of halogens is 4. The van der Waals surface area contributed by atoms with Gasteiger partial charge in [0.05, 0.1) is 37.2 Å². The number of fused-ring (bicyclic) bond motifs is 1. The summed E-state index contributed by atoms with van der Waals surface area (Å²) in [5.41, 5.74) is 2.05. The van der Waals surface area contributed by atoms with Crippen molar-refractivity contribution in [2.24, 2.45) is 0 Å². The lowest BCUT2D eigenvalue weighted by molar-refractivity contribution is -0.137. The van der Waals surface area contributed by atoms with E-state index < -0.39 is 17.4 Å². The Balaban J connectivity index is 1.60. The van der Waals surface area contributed by atoms with Crippen LogP contribution in [-0.2, 0) is 17.5 Å². The van der Waals surface area contributed by atoms with E-state index in [-0.39, 0.29) is 6.54 Å². The maximum absolute atomic E-state index is 13.0. The summed E-state index contributed by atoms with van der Waals surface area (Å²) in [7, 11) is 0. The first-order valence-corrected chi connectivity index (χ1v) is 10.9. The van der Waals surface area contributed by atoms with Crippen LogP contribution in [0.3, 0.4) is 0 Å². The highest BCUT2D eigenvalue weighted by Gasteiger charge is 2.30. The molecule has 0 amide bonds. The topological polar surface area (TPSA) is 64.7 Å². The Labute approximate surface area is 196 Å². The van der Waals surface area contributed by atoms with Gasteiger partial charge < -0.3 is 9.64 Å². The summed E-state index contributed by atoms with van der Waals surface area (Å²) in [5.74, 6) is 0. The molecule has 1 fully saturated rings. The van der Waals surface area contributed by atoms with Crippen LogP contribution in [0.5, 0.6) is 0 Å². The normalized spacial score (nSPS) is 14.6. The van der Waals surface area contributed by atoms with Crippen LogP contribution in [0.1, 0.15) is 11.1 Å². The van der Waals surface area contributed by atoms with E-state index >= 15 is 0 Å². The molecule has 0 unspecified atom stereocenters. The highest BCUT2D eigenvalue weighted by Crippen LogP contribution is 2.34. The van der Waals surface area contributed by atoms with Gasteiger partial charge in [0.15, 0.2) is 0 Å². The fraction of sp³-hybridized carbons (Fsp3) is 0.261. The van der Waals surface area contributed by atoms with Crippen molar-refractivity contribution in [2.45, 2.75) is 12.7 Å². The SMILES string of the molecule is O=c1n(Cc2ccc(C(F)(F)F)cc2)nc2c(N3CCOCC3)c(-c3ccc(Cl)cc3)cnn12. The zero-order valence-electron chi connectivity index (χ0n) is 17.8. The van der Waals surface area contributed by atoms with Crippen molar-refractivity contribution in [2.75, 3.05) is 31.2 Å². The van der Waals surface area contributed by atoms with Gasteiger partial charge in [-0.2, -0.15) is 22.8 Å². The molecule has 1 aliphatic rings. The molecule has 3 heterocycles. The van der Waals surface area contributed by atoms with Gasteiger partial charge in [-0.15, -0.1) is 5.10 Å². The zero-order chi connectivity index (χ0) is 23.9. The number of aromatic nitrogens is 4. The van der Waals surface area contributed by atoms with Crippen molar-refractivity contribution >= 4 is 22.9 Å². The summed E-state index contributed by atoms with van der Waals surface area (Å²) >= 11 is 6.05. The van der Waals surface area contributed by atoms with Gasteiger partial charge in [0.1, 0.15) is 0 Å². The predicted octanol–water partition coefficient (Wildman–Crippen LogP) is 4.12. The summed E-state index contributed by atoms with van der Waals surface area (Å²) in [5, 5.41) is 9.46. The minimum Gasteiger partial charge on any atom is -0.378 e. The van der Waals surface area contributed by atoms with Gasteiger partial charge >= 0.3 is 11.9 Å². The van der Waals surface area contributed by atoms with Crippen molar-refractivity contribution in [1.82, 2.24) is 19.4 Å². The lowest BCUT2D eigenvalue weighted by atomic mass is 10.1. The minimum absolute atomic E-state index is 0.0131. The van der Waals surface area contributed by atoms with E-state index in [1.165, 1.54) is 21.3 Å². The van der Waals surface area contributed by atoms with Crippen molar-refractivity contribution < 1.29 is 17.9 Å². The number of nitrogens with zero attached hydrogens (tertiary/aromatic N) is 5. The molecule has 0 saturated carbocycles.